The van der Waals surface area contributed by atoms with E-state index in [1.54, 1.807) is 12.1 Å². The third kappa shape index (κ3) is 6.48. The molecule has 1 amide bonds. The van der Waals surface area contributed by atoms with Crippen LogP contribution in [0.4, 0.5) is 5.69 Å². The summed E-state index contributed by atoms with van der Waals surface area (Å²) < 4.78 is 11.4. The maximum atomic E-state index is 13.0. The lowest BCUT2D eigenvalue weighted by Gasteiger charge is -2.25. The third-order valence-electron chi connectivity index (χ3n) is 5.34. The molecule has 2 N–H and O–H groups in total. The molecule has 0 radical (unpaired) electrons. The summed E-state index contributed by atoms with van der Waals surface area (Å²) in [4.78, 5) is 14.9. The zero-order chi connectivity index (χ0) is 23.0. The lowest BCUT2D eigenvalue weighted by molar-refractivity contribution is -0.117. The van der Waals surface area contributed by atoms with Crippen molar-refractivity contribution in [1.82, 2.24) is 4.90 Å². The number of hydrogen-bond acceptors (Lipinski definition) is 5. The van der Waals surface area contributed by atoms with Gasteiger partial charge in [-0.25, -0.2) is 0 Å². The molecule has 3 aromatic rings. The van der Waals surface area contributed by atoms with E-state index in [0.717, 1.165) is 17.5 Å². The largest absolute Gasteiger partial charge is 0.490 e. The SMILES string of the molecule is O=C(CN(Cc1ccccc1)CC(O)c1ccccc1)Nc1cc2c(cc1Cl)OCCCO2. The summed E-state index contributed by atoms with van der Waals surface area (Å²) in [5.74, 6) is 0.905. The molecule has 33 heavy (non-hydrogen) atoms. The van der Waals surface area contributed by atoms with E-state index in [9.17, 15) is 9.90 Å². The first-order valence-electron chi connectivity index (χ1n) is 11.0. The van der Waals surface area contributed by atoms with Crippen molar-refractivity contribution in [3.8, 4) is 11.5 Å². The Morgan fingerprint density at radius 3 is 2.33 bits per heavy atom. The van der Waals surface area contributed by atoms with Gasteiger partial charge in [0.2, 0.25) is 5.91 Å². The highest BCUT2D eigenvalue weighted by atomic mass is 35.5. The quantitative estimate of drug-likeness (QED) is 0.504. The summed E-state index contributed by atoms with van der Waals surface area (Å²) >= 11 is 6.39. The molecule has 1 atom stereocenters. The zero-order valence-corrected chi connectivity index (χ0v) is 19.0. The van der Waals surface area contributed by atoms with Gasteiger partial charge in [-0.2, -0.15) is 0 Å². The minimum atomic E-state index is -0.718. The number of anilines is 1. The molecule has 7 heteroatoms. The summed E-state index contributed by atoms with van der Waals surface area (Å²) in [5, 5.41) is 14.0. The Bertz CT molecular complexity index is 1060. The second-order valence-corrected chi connectivity index (χ2v) is 8.37. The van der Waals surface area contributed by atoms with Crippen LogP contribution >= 0.6 is 11.6 Å². The van der Waals surface area contributed by atoms with E-state index in [1.807, 2.05) is 65.6 Å². The van der Waals surface area contributed by atoms with Crippen LogP contribution in [-0.2, 0) is 11.3 Å². The van der Waals surface area contributed by atoms with Crippen LogP contribution in [0.5, 0.6) is 11.5 Å². The number of nitrogens with zero attached hydrogens (tertiary/aromatic N) is 1. The van der Waals surface area contributed by atoms with Crippen molar-refractivity contribution < 1.29 is 19.4 Å². The van der Waals surface area contributed by atoms with Gasteiger partial charge in [0.15, 0.2) is 11.5 Å². The maximum absolute atomic E-state index is 13.0. The summed E-state index contributed by atoms with van der Waals surface area (Å²) in [5.41, 5.74) is 2.33. The Hall–Kier alpha value is -3.06. The molecule has 0 bridgehead atoms. The molecule has 0 aliphatic carbocycles. The van der Waals surface area contributed by atoms with Gasteiger partial charge in [0, 0.05) is 31.6 Å². The Kier molecular flexibility index (Phi) is 7.83. The Morgan fingerprint density at radius 2 is 1.64 bits per heavy atom. The lowest BCUT2D eigenvalue weighted by Crippen LogP contribution is -2.35. The predicted molar refractivity (Wildman–Crippen MR) is 129 cm³/mol. The number of fused-ring (bicyclic) bond motifs is 1. The fraction of sp³-hybridized carbons (Fsp3) is 0.269. The van der Waals surface area contributed by atoms with E-state index >= 15 is 0 Å². The first-order valence-corrected chi connectivity index (χ1v) is 11.3. The van der Waals surface area contributed by atoms with Crippen LogP contribution in [-0.4, -0.2) is 42.2 Å². The minimum absolute atomic E-state index is 0.0869. The van der Waals surface area contributed by atoms with E-state index in [1.165, 1.54) is 0 Å². The molecular formula is C26H27ClN2O4. The molecule has 1 aliphatic heterocycles. The van der Waals surface area contributed by atoms with Crippen LogP contribution < -0.4 is 14.8 Å². The molecule has 1 aliphatic rings. The number of rotatable bonds is 8. The van der Waals surface area contributed by atoms with Crippen molar-refractivity contribution in [3.63, 3.8) is 0 Å². The van der Waals surface area contributed by atoms with Gasteiger partial charge in [0.05, 0.1) is 36.6 Å². The minimum Gasteiger partial charge on any atom is -0.490 e. The van der Waals surface area contributed by atoms with Crippen molar-refractivity contribution >= 4 is 23.2 Å². The second kappa shape index (κ2) is 11.2. The average Bonchev–Trinajstić information content (AvgIpc) is 3.05. The van der Waals surface area contributed by atoms with Crippen molar-refractivity contribution in [3.05, 3.63) is 88.9 Å². The van der Waals surface area contributed by atoms with Gasteiger partial charge in [-0.05, 0) is 11.1 Å². The number of benzene rings is 3. The molecule has 6 nitrogen and oxygen atoms in total. The molecule has 3 aromatic carbocycles. The number of nitrogens with one attached hydrogen (secondary N) is 1. The van der Waals surface area contributed by atoms with Crippen LogP contribution in [0.15, 0.2) is 72.8 Å². The van der Waals surface area contributed by atoms with Gasteiger partial charge in [-0.3, -0.25) is 9.69 Å². The second-order valence-electron chi connectivity index (χ2n) is 7.96. The normalized spacial score (nSPS) is 13.9. The van der Waals surface area contributed by atoms with Crippen LogP contribution in [0.3, 0.4) is 0 Å². The summed E-state index contributed by atoms with van der Waals surface area (Å²) in [6.45, 7) is 2.02. The molecule has 1 heterocycles. The fourth-order valence-corrected chi connectivity index (χ4v) is 3.93. The Balaban J connectivity index is 1.47. The van der Waals surface area contributed by atoms with E-state index in [-0.39, 0.29) is 12.5 Å². The smallest absolute Gasteiger partial charge is 0.238 e. The van der Waals surface area contributed by atoms with Gasteiger partial charge in [0.25, 0.3) is 0 Å². The number of hydrogen-bond donors (Lipinski definition) is 2. The number of aliphatic hydroxyl groups excluding tert-OH is 1. The monoisotopic (exact) mass is 466 g/mol. The summed E-state index contributed by atoms with van der Waals surface area (Å²) in [6, 6.07) is 22.7. The van der Waals surface area contributed by atoms with Crippen LogP contribution in [0.25, 0.3) is 0 Å². The Morgan fingerprint density at radius 1 is 1.00 bits per heavy atom. The van der Waals surface area contributed by atoms with Gasteiger partial charge in [0.1, 0.15) is 0 Å². The van der Waals surface area contributed by atoms with E-state index < -0.39 is 6.10 Å². The number of carbonyl (C=O) groups is 1. The van der Waals surface area contributed by atoms with Gasteiger partial charge in [-0.15, -0.1) is 0 Å². The van der Waals surface area contributed by atoms with Crippen molar-refractivity contribution in [2.24, 2.45) is 0 Å². The van der Waals surface area contributed by atoms with Gasteiger partial charge < -0.3 is 19.9 Å². The fourth-order valence-electron chi connectivity index (χ4n) is 3.72. The molecule has 0 saturated carbocycles. The topological polar surface area (TPSA) is 71.0 Å². The molecule has 1 unspecified atom stereocenters. The summed E-state index contributed by atoms with van der Waals surface area (Å²) in [7, 11) is 0. The molecule has 4 rings (SSSR count). The molecule has 0 spiro atoms. The third-order valence-corrected chi connectivity index (χ3v) is 5.66. The van der Waals surface area contributed by atoms with Crippen LogP contribution in [0, 0.1) is 0 Å². The Labute approximate surface area is 198 Å². The van der Waals surface area contributed by atoms with E-state index in [0.29, 0.717) is 48.5 Å². The standard InChI is InChI=1S/C26H27ClN2O4/c27-21-14-24-25(33-13-7-12-32-24)15-22(21)28-26(31)18-29(16-19-8-3-1-4-9-19)17-23(30)20-10-5-2-6-11-20/h1-6,8-11,14-15,23,30H,7,12-13,16-18H2,(H,28,31). The van der Waals surface area contributed by atoms with Gasteiger partial charge >= 0.3 is 0 Å². The highest BCUT2D eigenvalue weighted by molar-refractivity contribution is 6.34. The predicted octanol–water partition coefficient (Wildman–Crippen LogP) is 4.68. The van der Waals surface area contributed by atoms with Gasteiger partial charge in [-0.1, -0.05) is 72.3 Å². The first-order chi connectivity index (χ1) is 16.1. The highest BCUT2D eigenvalue weighted by Gasteiger charge is 2.19. The van der Waals surface area contributed by atoms with Crippen molar-refractivity contribution in [1.29, 1.82) is 0 Å². The molecular weight excluding hydrogens is 440 g/mol. The number of amides is 1. The van der Waals surface area contributed by atoms with Crippen LogP contribution in [0.2, 0.25) is 5.02 Å². The number of carbonyl (C=O) groups excluding carboxylic acids is 1. The van der Waals surface area contributed by atoms with Crippen LogP contribution in [0.1, 0.15) is 23.7 Å². The van der Waals surface area contributed by atoms with E-state index in [2.05, 4.69) is 5.32 Å². The zero-order valence-electron chi connectivity index (χ0n) is 18.2. The highest BCUT2D eigenvalue weighted by Crippen LogP contribution is 2.37. The van der Waals surface area contributed by atoms with Crippen molar-refractivity contribution in [2.75, 3.05) is 31.6 Å². The first kappa shape index (κ1) is 23.1. The average molecular weight is 467 g/mol. The maximum Gasteiger partial charge on any atom is 0.238 e. The van der Waals surface area contributed by atoms with Crippen molar-refractivity contribution in [2.45, 2.75) is 19.1 Å². The molecule has 0 saturated heterocycles. The number of ether oxygens (including phenoxy) is 2. The number of halogens is 1. The number of aliphatic hydroxyl groups is 1. The lowest BCUT2D eigenvalue weighted by atomic mass is 10.1. The summed E-state index contributed by atoms with van der Waals surface area (Å²) in [6.07, 6.45) is 0.0657. The molecule has 172 valence electrons. The van der Waals surface area contributed by atoms with E-state index in [4.69, 9.17) is 21.1 Å². The molecule has 0 aromatic heterocycles. The molecule has 0 fully saturated rings.